The molecular weight excluding hydrogens is 681 g/mol. The Kier molecular flexibility index (Phi) is 22.3. The van der Waals surface area contributed by atoms with Crippen LogP contribution < -0.4 is 10.6 Å². The lowest BCUT2D eigenvalue weighted by Gasteiger charge is -2.42. The third kappa shape index (κ3) is 14.1. The summed E-state index contributed by atoms with van der Waals surface area (Å²) in [7, 11) is 0. The molecule has 4 rings (SSSR count). The highest BCUT2D eigenvalue weighted by atomic mass is 16.3. The number of nitrogens with zero attached hydrogens (tertiary/aromatic N) is 3. The number of fused-ring (bicyclic) bond motifs is 1. The van der Waals surface area contributed by atoms with E-state index in [-0.39, 0.29) is 18.3 Å². The SMILES string of the molecule is CC(C)C.CC(C)C(=O)C(C)(C)CO.CCC=Nc1cc(-c2ccc3c(c2)N(C2CC(CC)C2)C(=O)C3(CCC)CCC)nc(N)c1C.CCCCCCC. The van der Waals surface area contributed by atoms with Crippen LogP contribution in [-0.4, -0.2) is 40.6 Å². The Hall–Kier alpha value is -3.06. The highest BCUT2D eigenvalue weighted by Crippen LogP contribution is 2.52. The normalized spacial score (nSPS) is 17.2. The first-order valence-electron chi connectivity index (χ1n) is 21.9. The molecule has 55 heavy (non-hydrogen) atoms. The van der Waals surface area contributed by atoms with Crippen LogP contribution in [0.15, 0.2) is 29.3 Å². The Labute approximate surface area is 337 Å². The fraction of sp³-hybridized carbons (Fsp3) is 0.708. The van der Waals surface area contributed by atoms with Crippen molar-refractivity contribution in [1.82, 2.24) is 4.98 Å². The first-order valence-corrected chi connectivity index (χ1v) is 21.9. The van der Waals surface area contributed by atoms with E-state index in [4.69, 9.17) is 15.8 Å². The van der Waals surface area contributed by atoms with Crippen LogP contribution in [0.3, 0.4) is 0 Å². The summed E-state index contributed by atoms with van der Waals surface area (Å²) >= 11 is 0. The molecular formula is C48H82N4O3. The lowest BCUT2D eigenvalue weighted by atomic mass is 9.73. The Morgan fingerprint density at radius 2 is 1.53 bits per heavy atom. The maximum Gasteiger partial charge on any atom is 0.237 e. The minimum atomic E-state index is -0.561. The first-order chi connectivity index (χ1) is 26.0. The van der Waals surface area contributed by atoms with Crippen LogP contribution in [0.1, 0.15) is 185 Å². The number of carbonyl (C=O) groups is 2. The van der Waals surface area contributed by atoms with Crippen molar-refractivity contribution in [2.24, 2.45) is 28.2 Å². The molecule has 1 saturated carbocycles. The maximum atomic E-state index is 14.1. The third-order valence-electron chi connectivity index (χ3n) is 10.7. The summed E-state index contributed by atoms with van der Waals surface area (Å²) in [5, 5.41) is 8.79. The molecule has 3 N–H and O–H groups in total. The quantitative estimate of drug-likeness (QED) is 0.131. The number of aromatic nitrogens is 1. The molecule has 312 valence electrons. The number of anilines is 2. The summed E-state index contributed by atoms with van der Waals surface area (Å²) < 4.78 is 0. The van der Waals surface area contributed by atoms with E-state index in [1.54, 1.807) is 13.8 Å². The van der Waals surface area contributed by atoms with Gasteiger partial charge in [-0.1, -0.05) is 154 Å². The second-order valence-electron chi connectivity index (χ2n) is 17.5. The van der Waals surface area contributed by atoms with E-state index >= 15 is 0 Å². The molecule has 7 nitrogen and oxygen atoms in total. The zero-order valence-corrected chi connectivity index (χ0v) is 37.8. The lowest BCUT2D eigenvalue weighted by Crippen LogP contribution is -2.50. The summed E-state index contributed by atoms with van der Waals surface area (Å²) in [5.74, 6) is 2.52. The van der Waals surface area contributed by atoms with Crippen LogP contribution in [0.25, 0.3) is 11.3 Å². The van der Waals surface area contributed by atoms with Gasteiger partial charge in [-0.05, 0) is 68.6 Å². The summed E-state index contributed by atoms with van der Waals surface area (Å²) in [4.78, 5) is 36.8. The van der Waals surface area contributed by atoms with E-state index < -0.39 is 10.8 Å². The number of hydrogen-bond acceptors (Lipinski definition) is 6. The highest BCUT2D eigenvalue weighted by Gasteiger charge is 2.53. The van der Waals surface area contributed by atoms with Crippen molar-refractivity contribution in [2.45, 2.75) is 192 Å². The van der Waals surface area contributed by atoms with Gasteiger partial charge in [0.2, 0.25) is 5.91 Å². The molecule has 2 aromatic rings. The molecule has 0 spiro atoms. The molecule has 0 saturated heterocycles. The second kappa shape index (κ2) is 24.5. The van der Waals surface area contributed by atoms with E-state index in [9.17, 15) is 9.59 Å². The van der Waals surface area contributed by atoms with Gasteiger partial charge in [-0.15, -0.1) is 0 Å². The number of benzene rings is 1. The minimum Gasteiger partial charge on any atom is -0.395 e. The predicted molar refractivity (Wildman–Crippen MR) is 239 cm³/mol. The average Bonchev–Trinajstić information content (AvgIpc) is 3.35. The van der Waals surface area contributed by atoms with E-state index in [1.165, 1.54) is 44.1 Å². The van der Waals surface area contributed by atoms with Gasteiger partial charge in [0, 0.05) is 40.4 Å². The van der Waals surface area contributed by atoms with Gasteiger partial charge in [-0.3, -0.25) is 14.6 Å². The number of ketones is 1. The summed E-state index contributed by atoms with van der Waals surface area (Å²) in [5.41, 5.74) is 11.2. The second-order valence-corrected chi connectivity index (χ2v) is 17.5. The van der Waals surface area contributed by atoms with Gasteiger partial charge in [0.1, 0.15) is 11.6 Å². The number of nitrogens with two attached hydrogens (primary N) is 1. The van der Waals surface area contributed by atoms with Gasteiger partial charge in [-0.2, -0.15) is 0 Å². The van der Waals surface area contributed by atoms with Crippen molar-refractivity contribution >= 4 is 35.1 Å². The number of aliphatic imine (C=N–C) groups is 1. The Morgan fingerprint density at radius 1 is 0.964 bits per heavy atom. The Bertz CT molecular complexity index is 1460. The van der Waals surface area contributed by atoms with Crippen molar-refractivity contribution < 1.29 is 14.7 Å². The number of rotatable bonds is 16. The third-order valence-corrected chi connectivity index (χ3v) is 10.7. The Balaban J connectivity index is 0.000000590. The van der Waals surface area contributed by atoms with E-state index in [1.807, 2.05) is 33.1 Å². The van der Waals surface area contributed by atoms with Crippen molar-refractivity contribution in [3.63, 3.8) is 0 Å². The number of Topliss-reactive ketones (excluding diaryl/α,β-unsaturated/α-hetero) is 1. The van der Waals surface area contributed by atoms with Crippen molar-refractivity contribution in [3.8, 4) is 11.3 Å². The topological polar surface area (TPSA) is 109 Å². The van der Waals surface area contributed by atoms with Gasteiger partial charge in [-0.25, -0.2) is 4.98 Å². The van der Waals surface area contributed by atoms with E-state index in [0.29, 0.717) is 17.8 Å². The molecule has 0 radical (unpaired) electrons. The minimum absolute atomic E-state index is 0.0159. The van der Waals surface area contributed by atoms with Crippen LogP contribution in [0.4, 0.5) is 17.2 Å². The van der Waals surface area contributed by atoms with Gasteiger partial charge in [0.05, 0.1) is 23.4 Å². The average molecular weight is 763 g/mol. The molecule has 2 aliphatic rings. The molecule has 1 fully saturated rings. The van der Waals surface area contributed by atoms with Gasteiger partial charge >= 0.3 is 0 Å². The number of pyridine rings is 1. The molecule has 0 bridgehead atoms. The zero-order valence-electron chi connectivity index (χ0n) is 37.8. The van der Waals surface area contributed by atoms with Crippen LogP contribution in [0.2, 0.25) is 0 Å². The van der Waals surface area contributed by atoms with Crippen molar-refractivity contribution in [1.29, 1.82) is 0 Å². The number of aliphatic hydroxyl groups is 1. The number of amides is 1. The number of hydrogen-bond donors (Lipinski definition) is 2. The lowest BCUT2D eigenvalue weighted by molar-refractivity contribution is -0.132. The molecule has 7 heteroatoms. The van der Waals surface area contributed by atoms with Gasteiger partial charge in [0.25, 0.3) is 0 Å². The summed E-state index contributed by atoms with van der Waals surface area (Å²) in [6.45, 7) is 28.8. The van der Waals surface area contributed by atoms with Crippen molar-refractivity contribution in [2.75, 3.05) is 17.2 Å². The largest absolute Gasteiger partial charge is 0.395 e. The summed E-state index contributed by atoms with van der Waals surface area (Å²) in [6, 6.07) is 8.82. The fourth-order valence-corrected chi connectivity index (χ4v) is 7.44. The molecule has 1 aliphatic heterocycles. The van der Waals surface area contributed by atoms with Crippen LogP contribution in [0, 0.1) is 30.1 Å². The van der Waals surface area contributed by atoms with Crippen LogP contribution >= 0.6 is 0 Å². The predicted octanol–water partition coefficient (Wildman–Crippen LogP) is 13.0. The molecule has 0 unspecified atom stereocenters. The van der Waals surface area contributed by atoms with Crippen LogP contribution in [0.5, 0.6) is 0 Å². The molecule has 2 heterocycles. The summed E-state index contributed by atoms with van der Waals surface area (Å²) in [6.07, 6.45) is 17.0. The monoisotopic (exact) mass is 763 g/mol. The number of carbonyl (C=O) groups excluding carboxylic acids is 2. The molecule has 0 atom stereocenters. The van der Waals surface area contributed by atoms with Gasteiger partial charge < -0.3 is 15.7 Å². The number of aliphatic hydroxyl groups excluding tert-OH is 1. The molecule has 1 amide bonds. The van der Waals surface area contributed by atoms with Crippen molar-refractivity contribution in [3.05, 3.63) is 35.4 Å². The van der Waals surface area contributed by atoms with Crippen LogP contribution in [-0.2, 0) is 15.0 Å². The fourth-order valence-electron chi connectivity index (χ4n) is 7.44. The standard InChI is InChI=1S/C29H40N4O.C8H16O2.C7H16.C4H10/c1-6-12-29(13-7-2)23-11-10-21(25-18-24(31-14-8-3)19(5)27(30)32-25)17-26(23)33(28(29)34)22-15-20(9-4)16-22;1-6(2)7(10)8(3,4)5-9;1-3-5-7-6-4-2;1-4(2)3/h10-11,14,17-18,20,22H,6-9,12-13,15-16H2,1-5H3,(H2,30,32);6,9H,5H2,1-4H3;3-7H2,1-2H3;4H,1-3H3. The first kappa shape index (κ1) is 50.0. The number of unbranched alkanes of at least 4 members (excludes halogenated alkanes) is 4. The molecule has 1 aromatic heterocycles. The Morgan fingerprint density at radius 3 is 1.96 bits per heavy atom. The molecule has 1 aliphatic carbocycles. The molecule has 1 aromatic carbocycles. The van der Waals surface area contributed by atoms with Gasteiger partial charge in [0.15, 0.2) is 0 Å². The maximum absolute atomic E-state index is 14.1. The number of nitrogen functional groups attached to an aromatic ring is 1. The highest BCUT2D eigenvalue weighted by molar-refractivity contribution is 6.09. The van der Waals surface area contributed by atoms with E-state index in [2.05, 4.69) is 90.4 Å². The van der Waals surface area contributed by atoms with E-state index in [0.717, 1.165) is 85.0 Å². The smallest absolute Gasteiger partial charge is 0.237 e. The zero-order chi connectivity index (χ0) is 41.9.